The third-order valence-electron chi connectivity index (χ3n) is 2.17. The molecular weight excluding hydrogens is 318 g/mol. The second kappa shape index (κ2) is 7.19. The summed E-state index contributed by atoms with van der Waals surface area (Å²) in [5.74, 6) is 0.226. The summed E-state index contributed by atoms with van der Waals surface area (Å²) >= 11 is 5.79. The Morgan fingerprint density at radius 1 is 1.29 bits per heavy atom. The van der Waals surface area contributed by atoms with Crippen molar-refractivity contribution in [1.29, 1.82) is 0 Å². The van der Waals surface area contributed by atoms with Gasteiger partial charge in [0.05, 0.1) is 12.9 Å². The number of sulfonamides is 1. The molecule has 0 atom stereocenters. The van der Waals surface area contributed by atoms with Gasteiger partial charge >= 0.3 is 6.01 Å². The molecule has 1 rings (SSSR count). The molecule has 120 valence electrons. The predicted molar refractivity (Wildman–Crippen MR) is 81.2 cm³/mol. The number of anilines is 1. The number of nitrogens with one attached hydrogen (secondary N) is 2. The van der Waals surface area contributed by atoms with E-state index in [1.807, 2.05) is 6.92 Å². The molecule has 1 aromatic heterocycles. The fraction of sp³-hybridized carbons (Fsp3) is 0.727. The molecule has 0 aliphatic rings. The zero-order valence-corrected chi connectivity index (χ0v) is 14.0. The molecule has 0 radical (unpaired) electrons. The number of rotatable bonds is 8. The lowest BCUT2D eigenvalue weighted by atomic mass is 10.1. The van der Waals surface area contributed by atoms with E-state index in [-0.39, 0.29) is 23.8 Å². The highest BCUT2D eigenvalue weighted by Crippen LogP contribution is 2.13. The molecule has 10 heteroatoms. The van der Waals surface area contributed by atoms with Gasteiger partial charge in [-0.05, 0) is 31.9 Å². The van der Waals surface area contributed by atoms with E-state index in [9.17, 15) is 8.42 Å². The zero-order chi connectivity index (χ0) is 16.1. The normalized spacial score (nSPS) is 12.2. The van der Waals surface area contributed by atoms with Crippen LogP contribution in [0.25, 0.3) is 0 Å². The maximum atomic E-state index is 11.3. The van der Waals surface area contributed by atoms with Crippen molar-refractivity contribution in [2.24, 2.45) is 0 Å². The van der Waals surface area contributed by atoms with Crippen molar-refractivity contribution in [3.8, 4) is 6.01 Å². The Labute approximate surface area is 129 Å². The summed E-state index contributed by atoms with van der Waals surface area (Å²) in [5, 5.41) is 2.92. The maximum Gasteiger partial charge on any atom is 0.322 e. The monoisotopic (exact) mass is 337 g/mol. The molecule has 0 fully saturated rings. The lowest BCUT2D eigenvalue weighted by Crippen LogP contribution is -2.48. The van der Waals surface area contributed by atoms with Crippen molar-refractivity contribution in [1.82, 2.24) is 19.7 Å². The molecule has 0 aliphatic heterocycles. The van der Waals surface area contributed by atoms with Gasteiger partial charge in [0.1, 0.15) is 0 Å². The summed E-state index contributed by atoms with van der Waals surface area (Å²) in [6.45, 7) is 6.17. The van der Waals surface area contributed by atoms with Crippen LogP contribution >= 0.6 is 11.6 Å². The Morgan fingerprint density at radius 3 is 2.52 bits per heavy atom. The van der Waals surface area contributed by atoms with E-state index in [0.29, 0.717) is 6.61 Å². The molecule has 0 aliphatic carbocycles. The summed E-state index contributed by atoms with van der Waals surface area (Å²) < 4.78 is 30.3. The molecule has 21 heavy (non-hydrogen) atoms. The van der Waals surface area contributed by atoms with Crippen LogP contribution in [0.2, 0.25) is 5.28 Å². The molecule has 1 aromatic rings. The van der Waals surface area contributed by atoms with Crippen LogP contribution in [0.5, 0.6) is 6.01 Å². The van der Waals surface area contributed by atoms with Gasteiger partial charge in [0.25, 0.3) is 0 Å². The van der Waals surface area contributed by atoms with E-state index in [1.54, 1.807) is 13.8 Å². The third-order valence-corrected chi connectivity index (χ3v) is 3.27. The first kappa shape index (κ1) is 17.9. The van der Waals surface area contributed by atoms with Gasteiger partial charge in [-0.3, -0.25) is 0 Å². The molecule has 0 saturated carbocycles. The van der Waals surface area contributed by atoms with Crippen molar-refractivity contribution >= 4 is 27.6 Å². The lowest BCUT2D eigenvalue weighted by molar-refractivity contribution is 0.291. The van der Waals surface area contributed by atoms with Crippen LogP contribution in [0.3, 0.4) is 0 Å². The fourth-order valence-electron chi connectivity index (χ4n) is 1.51. The first-order chi connectivity index (χ1) is 9.61. The molecule has 1 heterocycles. The Morgan fingerprint density at radius 2 is 1.95 bits per heavy atom. The Kier molecular flexibility index (Phi) is 6.11. The predicted octanol–water partition coefficient (Wildman–Crippen LogP) is 1.05. The minimum absolute atomic E-state index is 0.00693. The number of hydrogen-bond donors (Lipinski definition) is 2. The van der Waals surface area contributed by atoms with E-state index in [1.165, 1.54) is 0 Å². The largest absolute Gasteiger partial charge is 0.463 e. The highest BCUT2D eigenvalue weighted by molar-refractivity contribution is 7.88. The van der Waals surface area contributed by atoms with Crippen molar-refractivity contribution in [2.75, 3.05) is 24.7 Å². The van der Waals surface area contributed by atoms with Gasteiger partial charge in [-0.1, -0.05) is 6.92 Å². The van der Waals surface area contributed by atoms with E-state index >= 15 is 0 Å². The SMILES string of the molecule is CCCOc1nc(Cl)nc(NCC(C)(C)NS(C)(=O)=O)n1. The first-order valence-corrected chi connectivity index (χ1v) is 8.65. The zero-order valence-electron chi connectivity index (χ0n) is 12.5. The van der Waals surface area contributed by atoms with Crippen LogP contribution in [0.4, 0.5) is 5.95 Å². The summed E-state index contributed by atoms with van der Waals surface area (Å²) in [5.41, 5.74) is -0.711. The van der Waals surface area contributed by atoms with Crippen molar-refractivity contribution in [3.05, 3.63) is 5.28 Å². The minimum Gasteiger partial charge on any atom is -0.463 e. The van der Waals surface area contributed by atoms with Gasteiger partial charge in [-0.2, -0.15) is 15.0 Å². The standard InChI is InChI=1S/C11H20ClN5O3S/c1-5-6-20-10-15-8(12)14-9(16-10)13-7-11(2,3)17-21(4,18)19/h17H,5-7H2,1-4H3,(H,13,14,15,16). The van der Waals surface area contributed by atoms with Gasteiger partial charge in [-0.25, -0.2) is 13.1 Å². The molecule has 0 aromatic carbocycles. The van der Waals surface area contributed by atoms with E-state index in [2.05, 4.69) is 25.0 Å². The van der Waals surface area contributed by atoms with E-state index < -0.39 is 15.6 Å². The Hall–Kier alpha value is -1.19. The summed E-state index contributed by atoms with van der Waals surface area (Å²) in [4.78, 5) is 11.8. The van der Waals surface area contributed by atoms with Crippen LogP contribution in [0.1, 0.15) is 27.2 Å². The lowest BCUT2D eigenvalue weighted by Gasteiger charge is -2.25. The quantitative estimate of drug-likeness (QED) is 0.730. The highest BCUT2D eigenvalue weighted by Gasteiger charge is 2.22. The van der Waals surface area contributed by atoms with Crippen molar-refractivity contribution in [3.63, 3.8) is 0 Å². The molecule has 8 nitrogen and oxygen atoms in total. The van der Waals surface area contributed by atoms with Crippen molar-refractivity contribution in [2.45, 2.75) is 32.7 Å². The Bertz CT molecular complexity index is 579. The summed E-state index contributed by atoms with van der Waals surface area (Å²) in [6, 6.07) is 0.133. The number of ether oxygens (including phenoxy) is 1. The number of nitrogens with zero attached hydrogens (tertiary/aromatic N) is 3. The van der Waals surface area contributed by atoms with Crippen LogP contribution in [0.15, 0.2) is 0 Å². The van der Waals surface area contributed by atoms with Gasteiger partial charge in [-0.15, -0.1) is 0 Å². The summed E-state index contributed by atoms with van der Waals surface area (Å²) in [7, 11) is -3.31. The molecule has 2 N–H and O–H groups in total. The fourth-order valence-corrected chi connectivity index (χ4v) is 2.74. The average molecular weight is 338 g/mol. The van der Waals surface area contributed by atoms with E-state index in [0.717, 1.165) is 12.7 Å². The van der Waals surface area contributed by atoms with E-state index in [4.69, 9.17) is 16.3 Å². The second-order valence-electron chi connectivity index (χ2n) is 5.17. The van der Waals surface area contributed by atoms with Crippen LogP contribution in [0, 0.1) is 0 Å². The van der Waals surface area contributed by atoms with Crippen LogP contribution < -0.4 is 14.8 Å². The topological polar surface area (TPSA) is 106 Å². The molecular formula is C11H20ClN5O3S. The molecule has 0 bridgehead atoms. The molecule has 0 spiro atoms. The average Bonchev–Trinajstić information content (AvgIpc) is 2.30. The Balaban J connectivity index is 2.72. The molecule has 0 unspecified atom stereocenters. The first-order valence-electron chi connectivity index (χ1n) is 6.38. The van der Waals surface area contributed by atoms with Crippen LogP contribution in [-0.2, 0) is 10.0 Å². The minimum atomic E-state index is -3.31. The molecule has 0 amide bonds. The summed E-state index contributed by atoms with van der Waals surface area (Å²) in [6.07, 6.45) is 1.92. The maximum absolute atomic E-state index is 11.3. The molecule has 0 saturated heterocycles. The van der Waals surface area contributed by atoms with Gasteiger partial charge < -0.3 is 10.1 Å². The second-order valence-corrected chi connectivity index (χ2v) is 7.26. The van der Waals surface area contributed by atoms with Crippen LogP contribution in [-0.4, -0.2) is 48.3 Å². The number of aromatic nitrogens is 3. The third kappa shape index (κ3) is 7.39. The van der Waals surface area contributed by atoms with Gasteiger partial charge in [0.15, 0.2) is 0 Å². The van der Waals surface area contributed by atoms with Gasteiger partial charge in [0.2, 0.25) is 21.3 Å². The number of hydrogen-bond acceptors (Lipinski definition) is 7. The smallest absolute Gasteiger partial charge is 0.322 e. The highest BCUT2D eigenvalue weighted by atomic mass is 35.5. The van der Waals surface area contributed by atoms with Crippen molar-refractivity contribution < 1.29 is 13.2 Å². The van der Waals surface area contributed by atoms with Gasteiger partial charge in [0, 0.05) is 12.1 Å². The number of halogens is 1.